The molecule has 0 radical (unpaired) electrons. The molecular formula is C18H22O9. The van der Waals surface area contributed by atoms with Crippen LogP contribution in [0.15, 0.2) is 24.3 Å². The second-order valence-corrected chi connectivity index (χ2v) is 5.96. The van der Waals surface area contributed by atoms with Gasteiger partial charge in [-0.15, -0.1) is 0 Å². The molecule has 3 N–H and O–H groups in total. The largest absolute Gasteiger partial charge is 0.504 e. The number of benzene rings is 1. The molecule has 0 amide bonds. The first-order valence-electron chi connectivity index (χ1n) is 8.17. The SMILES string of the molecule is COc1cc(/C=C/C(=O)O[C@@H]2[C@H](OC(C)=O)[C@H](O)[C@H](C)O[C@H]2O)ccc1O. The summed E-state index contributed by atoms with van der Waals surface area (Å²) in [5.74, 6) is -1.37. The van der Waals surface area contributed by atoms with Gasteiger partial charge in [0, 0.05) is 13.0 Å². The number of hydrogen-bond acceptors (Lipinski definition) is 9. The molecule has 0 unspecified atom stereocenters. The molecule has 2 rings (SSSR count). The molecule has 1 aliphatic heterocycles. The van der Waals surface area contributed by atoms with Gasteiger partial charge in [-0.1, -0.05) is 6.07 Å². The van der Waals surface area contributed by atoms with E-state index < -0.39 is 42.6 Å². The first kappa shape index (κ1) is 20.7. The first-order valence-corrected chi connectivity index (χ1v) is 8.17. The Balaban J connectivity index is 2.10. The van der Waals surface area contributed by atoms with Crippen molar-refractivity contribution in [3.8, 4) is 11.5 Å². The molecule has 1 heterocycles. The van der Waals surface area contributed by atoms with Crippen LogP contribution in [0.3, 0.4) is 0 Å². The monoisotopic (exact) mass is 382 g/mol. The van der Waals surface area contributed by atoms with Crippen LogP contribution in [0.25, 0.3) is 6.08 Å². The Morgan fingerprint density at radius 2 is 1.89 bits per heavy atom. The third-order valence-electron chi connectivity index (χ3n) is 3.95. The summed E-state index contributed by atoms with van der Waals surface area (Å²) in [6.07, 6.45) is -3.86. The third-order valence-corrected chi connectivity index (χ3v) is 3.95. The fourth-order valence-corrected chi connectivity index (χ4v) is 2.59. The summed E-state index contributed by atoms with van der Waals surface area (Å²) in [5, 5.41) is 29.7. The number of aromatic hydroxyl groups is 1. The number of phenolic OH excluding ortho intramolecular Hbond substituents is 1. The second-order valence-electron chi connectivity index (χ2n) is 5.96. The van der Waals surface area contributed by atoms with Gasteiger partial charge < -0.3 is 34.3 Å². The van der Waals surface area contributed by atoms with Crippen molar-refractivity contribution in [1.29, 1.82) is 0 Å². The number of aliphatic hydroxyl groups excluding tert-OH is 2. The van der Waals surface area contributed by atoms with Gasteiger partial charge >= 0.3 is 11.9 Å². The molecule has 0 saturated carbocycles. The van der Waals surface area contributed by atoms with Crippen LogP contribution in [0.4, 0.5) is 0 Å². The van der Waals surface area contributed by atoms with Gasteiger partial charge in [-0.2, -0.15) is 0 Å². The van der Waals surface area contributed by atoms with E-state index in [9.17, 15) is 24.9 Å². The normalized spacial score (nSPS) is 28.0. The summed E-state index contributed by atoms with van der Waals surface area (Å²) in [6.45, 7) is 2.62. The fraction of sp³-hybridized carbons (Fsp3) is 0.444. The van der Waals surface area contributed by atoms with Crippen LogP contribution in [-0.4, -0.2) is 65.1 Å². The van der Waals surface area contributed by atoms with Gasteiger partial charge in [-0.3, -0.25) is 4.79 Å². The number of hydrogen-bond donors (Lipinski definition) is 3. The number of carbonyl (C=O) groups is 2. The molecule has 1 aromatic rings. The summed E-state index contributed by atoms with van der Waals surface area (Å²) in [6, 6.07) is 4.45. The highest BCUT2D eigenvalue weighted by Gasteiger charge is 2.47. The van der Waals surface area contributed by atoms with E-state index in [1.165, 1.54) is 32.2 Å². The molecule has 1 aliphatic rings. The summed E-state index contributed by atoms with van der Waals surface area (Å²) in [7, 11) is 1.39. The van der Waals surface area contributed by atoms with Gasteiger partial charge in [0.2, 0.25) is 0 Å². The van der Waals surface area contributed by atoms with Gasteiger partial charge in [0.15, 0.2) is 30.0 Å². The van der Waals surface area contributed by atoms with Crippen LogP contribution in [0.2, 0.25) is 0 Å². The van der Waals surface area contributed by atoms with E-state index in [1.54, 1.807) is 6.07 Å². The summed E-state index contributed by atoms with van der Waals surface area (Å²) in [5.41, 5.74) is 0.548. The predicted octanol–water partition coefficient (Wildman–Crippen LogP) is 0.355. The maximum absolute atomic E-state index is 12.1. The van der Waals surface area contributed by atoms with E-state index in [-0.39, 0.29) is 11.5 Å². The molecule has 0 aromatic heterocycles. The van der Waals surface area contributed by atoms with Gasteiger partial charge in [-0.25, -0.2) is 4.79 Å². The first-order chi connectivity index (χ1) is 12.7. The zero-order chi connectivity index (χ0) is 20.1. The number of rotatable bonds is 5. The highest BCUT2D eigenvalue weighted by Crippen LogP contribution is 2.27. The molecule has 0 bridgehead atoms. The van der Waals surface area contributed by atoms with Crippen LogP contribution < -0.4 is 4.74 Å². The minimum atomic E-state index is -1.57. The number of carbonyl (C=O) groups excluding carboxylic acids is 2. The molecule has 9 nitrogen and oxygen atoms in total. The van der Waals surface area contributed by atoms with Gasteiger partial charge in [0.1, 0.15) is 6.10 Å². The average Bonchev–Trinajstić information content (AvgIpc) is 2.61. The number of aliphatic hydroxyl groups is 2. The van der Waals surface area contributed by atoms with E-state index in [1.807, 2.05) is 0 Å². The quantitative estimate of drug-likeness (QED) is 0.488. The minimum Gasteiger partial charge on any atom is -0.504 e. The Morgan fingerprint density at radius 1 is 1.19 bits per heavy atom. The minimum absolute atomic E-state index is 0.0490. The number of ether oxygens (including phenoxy) is 4. The fourth-order valence-electron chi connectivity index (χ4n) is 2.59. The van der Waals surface area contributed by atoms with Gasteiger partial charge in [0.25, 0.3) is 0 Å². The smallest absolute Gasteiger partial charge is 0.331 e. The Kier molecular flexibility index (Phi) is 6.78. The van der Waals surface area contributed by atoms with Crippen molar-refractivity contribution in [1.82, 2.24) is 0 Å². The maximum Gasteiger partial charge on any atom is 0.331 e. The Labute approximate surface area is 155 Å². The molecule has 1 saturated heterocycles. The van der Waals surface area contributed by atoms with Crippen LogP contribution in [-0.2, 0) is 23.8 Å². The summed E-state index contributed by atoms with van der Waals surface area (Å²) < 4.78 is 20.2. The molecule has 0 aliphatic carbocycles. The van der Waals surface area contributed by atoms with Crippen LogP contribution in [0.1, 0.15) is 19.4 Å². The van der Waals surface area contributed by atoms with E-state index in [2.05, 4.69) is 0 Å². The lowest BCUT2D eigenvalue weighted by atomic mass is 9.99. The third kappa shape index (κ3) is 5.19. The van der Waals surface area contributed by atoms with Gasteiger partial charge in [0.05, 0.1) is 13.2 Å². The molecule has 27 heavy (non-hydrogen) atoms. The summed E-state index contributed by atoms with van der Waals surface area (Å²) >= 11 is 0. The van der Waals surface area contributed by atoms with Gasteiger partial charge in [-0.05, 0) is 30.7 Å². The average molecular weight is 382 g/mol. The molecule has 9 heteroatoms. The molecule has 148 valence electrons. The van der Waals surface area contributed by atoms with Crippen LogP contribution >= 0.6 is 0 Å². The van der Waals surface area contributed by atoms with Crippen molar-refractivity contribution in [3.05, 3.63) is 29.8 Å². The number of methoxy groups -OCH3 is 1. The maximum atomic E-state index is 12.1. The van der Waals surface area contributed by atoms with Crippen molar-refractivity contribution in [3.63, 3.8) is 0 Å². The topological polar surface area (TPSA) is 132 Å². The lowest BCUT2D eigenvalue weighted by Gasteiger charge is -2.40. The standard InChI is InChI=1S/C18H22O9/c1-9-15(22)16(26-10(2)19)17(18(23)25-9)27-14(21)7-5-11-4-6-12(20)13(8-11)24-3/h4-9,15-18,20,22-23H,1-3H3/b7-5+/t9-,15+,16+,17+,18+/m0/s1. The van der Waals surface area contributed by atoms with E-state index in [0.717, 1.165) is 13.0 Å². The molecular weight excluding hydrogens is 360 g/mol. The molecule has 0 spiro atoms. The predicted molar refractivity (Wildman–Crippen MR) is 91.7 cm³/mol. The Bertz CT molecular complexity index is 715. The second kappa shape index (κ2) is 8.85. The van der Waals surface area contributed by atoms with E-state index in [4.69, 9.17) is 18.9 Å². The van der Waals surface area contributed by atoms with Crippen molar-refractivity contribution < 1.29 is 43.9 Å². The Morgan fingerprint density at radius 3 is 2.52 bits per heavy atom. The van der Waals surface area contributed by atoms with Crippen molar-refractivity contribution in [2.24, 2.45) is 0 Å². The Hall–Kier alpha value is -2.62. The highest BCUT2D eigenvalue weighted by atomic mass is 16.7. The highest BCUT2D eigenvalue weighted by molar-refractivity contribution is 5.87. The lowest BCUT2D eigenvalue weighted by Crippen LogP contribution is -2.59. The van der Waals surface area contributed by atoms with Crippen LogP contribution in [0.5, 0.6) is 11.5 Å². The van der Waals surface area contributed by atoms with Crippen molar-refractivity contribution in [2.75, 3.05) is 7.11 Å². The number of esters is 2. The molecule has 1 aromatic carbocycles. The van der Waals surface area contributed by atoms with Crippen LogP contribution in [0, 0.1) is 0 Å². The van der Waals surface area contributed by atoms with E-state index in [0.29, 0.717) is 5.56 Å². The lowest BCUT2D eigenvalue weighted by molar-refractivity contribution is -0.284. The zero-order valence-electron chi connectivity index (χ0n) is 15.1. The molecule has 5 atom stereocenters. The molecule has 1 fully saturated rings. The van der Waals surface area contributed by atoms with Crippen molar-refractivity contribution >= 4 is 18.0 Å². The number of phenols is 1. The van der Waals surface area contributed by atoms with E-state index >= 15 is 0 Å². The zero-order valence-corrected chi connectivity index (χ0v) is 15.1. The van der Waals surface area contributed by atoms with Crippen molar-refractivity contribution in [2.45, 2.75) is 44.6 Å². The summed E-state index contributed by atoms with van der Waals surface area (Å²) in [4.78, 5) is 23.4.